The zero-order valence-electron chi connectivity index (χ0n) is 21.6. The minimum Gasteiger partial charge on any atom is -0.489 e. The van der Waals surface area contributed by atoms with Crippen molar-refractivity contribution in [3.63, 3.8) is 0 Å². The lowest BCUT2D eigenvalue weighted by molar-refractivity contribution is 0.206. The average Bonchev–Trinajstić information content (AvgIpc) is 3.44. The molecule has 2 saturated heterocycles. The molecule has 0 N–H and O–H groups in total. The maximum Gasteiger partial charge on any atom is 0.122 e. The highest BCUT2D eigenvalue weighted by Gasteiger charge is 2.36. The number of likely N-dealkylation sites (N-methyl/N-ethyl adjacent to an activating group) is 2. The van der Waals surface area contributed by atoms with E-state index in [2.05, 4.69) is 74.1 Å². The van der Waals surface area contributed by atoms with Gasteiger partial charge in [-0.1, -0.05) is 43.5 Å². The van der Waals surface area contributed by atoms with E-state index in [-0.39, 0.29) is 5.41 Å². The van der Waals surface area contributed by atoms with Gasteiger partial charge < -0.3 is 19.3 Å². The fraction of sp³-hybridized carbons (Fsp3) is 0.600. The summed E-state index contributed by atoms with van der Waals surface area (Å²) >= 11 is 0. The second-order valence-corrected chi connectivity index (χ2v) is 11.2. The van der Waals surface area contributed by atoms with Gasteiger partial charge >= 0.3 is 0 Å². The van der Waals surface area contributed by atoms with E-state index < -0.39 is 0 Å². The van der Waals surface area contributed by atoms with Crippen molar-refractivity contribution in [3.05, 3.63) is 58.7 Å². The van der Waals surface area contributed by atoms with Crippen molar-refractivity contribution in [1.82, 2.24) is 9.80 Å². The Hall–Kier alpha value is -2.04. The molecule has 1 aliphatic carbocycles. The van der Waals surface area contributed by atoms with E-state index in [1.807, 2.05) is 0 Å². The van der Waals surface area contributed by atoms with Crippen LogP contribution in [0, 0.1) is 13.8 Å². The van der Waals surface area contributed by atoms with Gasteiger partial charge in [0.25, 0.3) is 0 Å². The van der Waals surface area contributed by atoms with Gasteiger partial charge in [-0.25, -0.2) is 0 Å². The molecule has 34 heavy (non-hydrogen) atoms. The van der Waals surface area contributed by atoms with E-state index in [1.54, 1.807) is 0 Å². The maximum atomic E-state index is 6.40. The van der Waals surface area contributed by atoms with Gasteiger partial charge in [-0.2, -0.15) is 0 Å². The fourth-order valence-electron chi connectivity index (χ4n) is 6.40. The molecule has 2 atom stereocenters. The van der Waals surface area contributed by atoms with Gasteiger partial charge in [0, 0.05) is 31.6 Å². The number of benzene rings is 2. The first-order valence-electron chi connectivity index (χ1n) is 13.4. The molecule has 2 aromatic rings. The zero-order valence-corrected chi connectivity index (χ0v) is 21.6. The standard InChI is InChI=1S/C30H42N2O2/c1-22-18-24(8-10-28(22)33-26-12-16-31(3)20-26)30(14-6-5-7-15-30)25-9-11-29(23(2)19-25)34-27-13-17-32(4)21-27/h8-11,18-19,26-27H,5-7,12-17,20-21H2,1-4H3. The number of ether oxygens (including phenoxy) is 2. The molecular formula is C30H42N2O2. The predicted molar refractivity (Wildman–Crippen MR) is 139 cm³/mol. The number of hydrogen-bond acceptors (Lipinski definition) is 4. The van der Waals surface area contributed by atoms with Gasteiger partial charge in [0.1, 0.15) is 23.7 Å². The van der Waals surface area contributed by atoms with E-state index in [0.29, 0.717) is 12.2 Å². The summed E-state index contributed by atoms with van der Waals surface area (Å²) in [6.45, 7) is 8.73. The third-order valence-electron chi connectivity index (χ3n) is 8.45. The van der Waals surface area contributed by atoms with Crippen molar-refractivity contribution in [2.24, 2.45) is 0 Å². The fourth-order valence-corrected chi connectivity index (χ4v) is 6.40. The number of likely N-dealkylation sites (tertiary alicyclic amines) is 2. The summed E-state index contributed by atoms with van der Waals surface area (Å²) in [5.74, 6) is 2.10. The topological polar surface area (TPSA) is 24.9 Å². The second kappa shape index (κ2) is 9.91. The van der Waals surface area contributed by atoms with Gasteiger partial charge in [0.05, 0.1) is 0 Å². The highest BCUT2D eigenvalue weighted by atomic mass is 16.5. The summed E-state index contributed by atoms with van der Waals surface area (Å²) in [5, 5.41) is 0. The third-order valence-corrected chi connectivity index (χ3v) is 8.45. The lowest BCUT2D eigenvalue weighted by atomic mass is 9.65. The van der Waals surface area contributed by atoms with Crippen LogP contribution < -0.4 is 9.47 Å². The van der Waals surface area contributed by atoms with Crippen LogP contribution in [0.1, 0.15) is 67.2 Å². The van der Waals surface area contributed by atoms with E-state index in [9.17, 15) is 0 Å². The zero-order chi connectivity index (χ0) is 23.7. The van der Waals surface area contributed by atoms with Crippen molar-refractivity contribution >= 4 is 0 Å². The molecule has 2 aromatic carbocycles. The summed E-state index contributed by atoms with van der Waals surface area (Å²) in [6, 6.07) is 14.0. The molecule has 0 aromatic heterocycles. The van der Waals surface area contributed by atoms with Gasteiger partial charge in [0.15, 0.2) is 0 Å². The first kappa shape index (κ1) is 23.7. The molecule has 4 nitrogen and oxygen atoms in total. The summed E-state index contributed by atoms with van der Waals surface area (Å²) in [4.78, 5) is 4.71. The highest BCUT2D eigenvalue weighted by molar-refractivity contribution is 5.48. The first-order chi connectivity index (χ1) is 16.4. The molecule has 5 rings (SSSR count). The van der Waals surface area contributed by atoms with Crippen molar-refractivity contribution < 1.29 is 9.47 Å². The van der Waals surface area contributed by atoms with Gasteiger partial charge in [0.2, 0.25) is 0 Å². The molecule has 2 unspecified atom stereocenters. The lowest BCUT2D eigenvalue weighted by Gasteiger charge is -2.39. The normalized spacial score (nSPS) is 25.5. The molecule has 0 amide bonds. The summed E-state index contributed by atoms with van der Waals surface area (Å²) in [7, 11) is 4.35. The minimum atomic E-state index is 0.0893. The lowest BCUT2D eigenvalue weighted by Crippen LogP contribution is -2.31. The molecule has 0 spiro atoms. The van der Waals surface area contributed by atoms with Crippen LogP contribution in [-0.2, 0) is 5.41 Å². The molecule has 1 saturated carbocycles. The quantitative estimate of drug-likeness (QED) is 0.548. The molecule has 0 bridgehead atoms. The molecule has 3 aliphatic rings. The monoisotopic (exact) mass is 462 g/mol. The Bertz CT molecular complexity index is 924. The number of aryl methyl sites for hydroxylation is 2. The summed E-state index contributed by atoms with van der Waals surface area (Å²) in [5.41, 5.74) is 5.52. The molecular weight excluding hydrogens is 420 g/mol. The molecule has 4 heteroatoms. The van der Waals surface area contributed by atoms with Crippen molar-refractivity contribution in [3.8, 4) is 11.5 Å². The Morgan fingerprint density at radius 1 is 0.706 bits per heavy atom. The Kier molecular flexibility index (Phi) is 6.90. The van der Waals surface area contributed by atoms with Crippen LogP contribution in [0.2, 0.25) is 0 Å². The molecule has 3 fully saturated rings. The van der Waals surface area contributed by atoms with E-state index in [1.165, 1.54) is 54.4 Å². The smallest absolute Gasteiger partial charge is 0.122 e. The Balaban J connectivity index is 1.40. The summed E-state index contributed by atoms with van der Waals surface area (Å²) < 4.78 is 12.8. The maximum absolute atomic E-state index is 6.40. The van der Waals surface area contributed by atoms with Gasteiger partial charge in [-0.3, -0.25) is 0 Å². The number of nitrogens with zero attached hydrogens (tertiary/aromatic N) is 2. The van der Waals surface area contributed by atoms with E-state index in [4.69, 9.17) is 9.47 Å². The molecule has 0 radical (unpaired) electrons. The van der Waals surface area contributed by atoms with Crippen molar-refractivity contribution in [2.75, 3.05) is 40.3 Å². The van der Waals surface area contributed by atoms with Crippen molar-refractivity contribution in [1.29, 1.82) is 0 Å². The Labute approximate surface area is 206 Å². The van der Waals surface area contributed by atoms with Gasteiger partial charge in [-0.15, -0.1) is 0 Å². The first-order valence-corrected chi connectivity index (χ1v) is 13.4. The number of hydrogen-bond donors (Lipinski definition) is 0. The third kappa shape index (κ3) is 4.85. The van der Waals surface area contributed by atoms with Crippen LogP contribution in [0.5, 0.6) is 11.5 Å². The second-order valence-electron chi connectivity index (χ2n) is 11.2. The van der Waals surface area contributed by atoms with Gasteiger partial charge in [-0.05, 0) is 88.0 Å². The Morgan fingerprint density at radius 2 is 1.18 bits per heavy atom. The molecule has 2 heterocycles. The van der Waals surface area contributed by atoms with Crippen LogP contribution in [0.4, 0.5) is 0 Å². The minimum absolute atomic E-state index is 0.0893. The van der Waals surface area contributed by atoms with E-state index in [0.717, 1.165) is 50.5 Å². The van der Waals surface area contributed by atoms with Crippen LogP contribution in [0.3, 0.4) is 0 Å². The molecule has 184 valence electrons. The number of rotatable bonds is 6. The highest BCUT2D eigenvalue weighted by Crippen LogP contribution is 2.46. The van der Waals surface area contributed by atoms with Crippen molar-refractivity contribution in [2.45, 2.75) is 76.4 Å². The average molecular weight is 463 g/mol. The van der Waals surface area contributed by atoms with Crippen LogP contribution in [0.25, 0.3) is 0 Å². The van der Waals surface area contributed by atoms with Crippen LogP contribution in [-0.4, -0.2) is 62.3 Å². The predicted octanol–water partition coefficient (Wildman–Crippen LogP) is 5.72. The SMILES string of the molecule is Cc1cc(C2(c3ccc(OC4CCN(C)C4)c(C)c3)CCCCC2)ccc1OC1CCN(C)C1. The largest absolute Gasteiger partial charge is 0.489 e. The Morgan fingerprint density at radius 3 is 1.56 bits per heavy atom. The van der Waals surface area contributed by atoms with Crippen LogP contribution >= 0.6 is 0 Å². The molecule has 2 aliphatic heterocycles. The summed E-state index contributed by atoms with van der Waals surface area (Å²) in [6.07, 6.45) is 9.21. The van der Waals surface area contributed by atoms with Crippen LogP contribution in [0.15, 0.2) is 36.4 Å². The van der Waals surface area contributed by atoms with E-state index >= 15 is 0 Å².